The maximum atomic E-state index is 12.3. The average molecular weight is 503 g/mol. The number of carboxylic acid groups (broad SMARTS) is 1. The van der Waals surface area contributed by atoms with Crippen LogP contribution in [-0.4, -0.2) is 45.1 Å². The molecule has 5 rings (SSSR count). The molecular formula is C30H46O6. The molecule has 3 N–H and O–H groups in total. The van der Waals surface area contributed by atoms with E-state index in [-0.39, 0.29) is 57.9 Å². The van der Waals surface area contributed by atoms with Crippen LogP contribution in [0.4, 0.5) is 0 Å². The van der Waals surface area contributed by atoms with Crippen molar-refractivity contribution in [3.63, 3.8) is 0 Å². The van der Waals surface area contributed by atoms with Gasteiger partial charge >= 0.3 is 11.9 Å². The van der Waals surface area contributed by atoms with Crippen molar-refractivity contribution in [2.75, 3.05) is 0 Å². The Hall–Kier alpha value is -1.40. The molecule has 1 spiro atoms. The van der Waals surface area contributed by atoms with E-state index >= 15 is 0 Å². The van der Waals surface area contributed by atoms with Crippen molar-refractivity contribution in [3.05, 3.63) is 11.6 Å². The summed E-state index contributed by atoms with van der Waals surface area (Å²) in [5.41, 5.74) is -0.660. The van der Waals surface area contributed by atoms with Gasteiger partial charge < -0.3 is 20.1 Å². The third-order valence-corrected chi connectivity index (χ3v) is 12.6. The van der Waals surface area contributed by atoms with Crippen LogP contribution in [0.1, 0.15) is 99.3 Å². The normalized spacial score (nSPS) is 48.7. The molecule has 1 aliphatic heterocycles. The van der Waals surface area contributed by atoms with Crippen LogP contribution in [0.5, 0.6) is 0 Å². The predicted octanol–water partition coefficient (Wildman–Crippen LogP) is 5.11. The first-order chi connectivity index (χ1) is 16.6. The SMILES string of the molecule is CC1=CC[C@@H]([C@@H](C)[C@H]2CC[C@@]3(C)[C@H]4[C@@H](O)C[C@@H](C(C)(C)O)[C@@]5(CCC(=O)O)C[C@@]45CC[C@]23C)OC1=O. The molecule has 0 unspecified atom stereocenters. The second-order valence-electron chi connectivity index (χ2n) is 14.3. The molecule has 0 saturated heterocycles. The lowest BCUT2D eigenvalue weighted by atomic mass is 9.42. The number of hydrogen-bond donors (Lipinski definition) is 3. The van der Waals surface area contributed by atoms with Gasteiger partial charge in [0.2, 0.25) is 0 Å². The van der Waals surface area contributed by atoms with Crippen molar-refractivity contribution in [3.8, 4) is 0 Å². The first-order valence-electron chi connectivity index (χ1n) is 14.1. The Balaban J connectivity index is 1.48. The van der Waals surface area contributed by atoms with Crippen LogP contribution in [0.25, 0.3) is 0 Å². The molecule has 0 aromatic carbocycles. The zero-order valence-corrected chi connectivity index (χ0v) is 23.0. The van der Waals surface area contributed by atoms with E-state index in [0.717, 1.165) is 38.5 Å². The van der Waals surface area contributed by atoms with Gasteiger partial charge in [-0.05, 0) is 111 Å². The zero-order chi connectivity index (χ0) is 26.5. The summed E-state index contributed by atoms with van der Waals surface area (Å²) in [6, 6.07) is 0. The van der Waals surface area contributed by atoms with Crippen molar-refractivity contribution in [1.29, 1.82) is 0 Å². The number of rotatable bonds is 6. The summed E-state index contributed by atoms with van der Waals surface area (Å²) in [5.74, 6) is -0.346. The summed E-state index contributed by atoms with van der Waals surface area (Å²) < 4.78 is 5.87. The zero-order valence-electron chi connectivity index (χ0n) is 23.0. The summed E-state index contributed by atoms with van der Waals surface area (Å²) in [5, 5.41) is 32.5. The molecule has 0 bridgehead atoms. The summed E-state index contributed by atoms with van der Waals surface area (Å²) in [7, 11) is 0. The number of aliphatic hydroxyl groups is 2. The minimum atomic E-state index is -0.959. The van der Waals surface area contributed by atoms with Gasteiger partial charge in [-0.1, -0.05) is 26.8 Å². The lowest BCUT2D eigenvalue weighted by Crippen LogP contribution is -2.60. The Morgan fingerprint density at radius 2 is 1.92 bits per heavy atom. The number of aliphatic carboxylic acids is 1. The maximum Gasteiger partial charge on any atom is 0.333 e. The second-order valence-corrected chi connectivity index (χ2v) is 14.3. The van der Waals surface area contributed by atoms with Gasteiger partial charge in [0.1, 0.15) is 6.10 Å². The van der Waals surface area contributed by atoms with Crippen molar-refractivity contribution in [1.82, 2.24) is 0 Å². The van der Waals surface area contributed by atoms with Gasteiger partial charge in [-0.25, -0.2) is 4.79 Å². The van der Waals surface area contributed by atoms with E-state index < -0.39 is 17.7 Å². The van der Waals surface area contributed by atoms with Gasteiger partial charge in [-0.15, -0.1) is 0 Å². The molecule has 0 radical (unpaired) electrons. The molecule has 4 saturated carbocycles. The highest BCUT2D eigenvalue weighted by Gasteiger charge is 2.82. The van der Waals surface area contributed by atoms with Gasteiger partial charge in [-0.2, -0.15) is 0 Å². The van der Waals surface area contributed by atoms with Crippen LogP contribution >= 0.6 is 0 Å². The summed E-state index contributed by atoms with van der Waals surface area (Å²) >= 11 is 0. The van der Waals surface area contributed by atoms with Crippen LogP contribution in [0.2, 0.25) is 0 Å². The quantitative estimate of drug-likeness (QED) is 0.436. The van der Waals surface area contributed by atoms with E-state index in [1.165, 1.54) is 0 Å². The van der Waals surface area contributed by atoms with Crippen molar-refractivity contribution in [2.24, 2.45) is 45.3 Å². The first-order valence-corrected chi connectivity index (χ1v) is 14.1. The molecule has 202 valence electrons. The molecular weight excluding hydrogens is 456 g/mol. The molecule has 0 aromatic heterocycles. The third kappa shape index (κ3) is 3.35. The van der Waals surface area contributed by atoms with E-state index in [0.29, 0.717) is 24.3 Å². The number of esters is 1. The van der Waals surface area contributed by atoms with Crippen molar-refractivity contribution < 1.29 is 29.6 Å². The number of ether oxygens (including phenoxy) is 1. The molecule has 4 fully saturated rings. The Morgan fingerprint density at radius 3 is 2.53 bits per heavy atom. The van der Waals surface area contributed by atoms with Gasteiger partial charge in [0.15, 0.2) is 0 Å². The molecule has 0 amide bonds. The topological polar surface area (TPSA) is 104 Å². The molecule has 10 atom stereocenters. The number of carbonyl (C=O) groups excluding carboxylic acids is 1. The van der Waals surface area contributed by atoms with E-state index in [9.17, 15) is 24.9 Å². The average Bonchev–Trinajstić information content (AvgIpc) is 3.35. The molecule has 6 nitrogen and oxygen atoms in total. The van der Waals surface area contributed by atoms with Gasteiger partial charge in [0.25, 0.3) is 0 Å². The number of carbonyl (C=O) groups is 2. The fourth-order valence-corrected chi connectivity index (χ4v) is 10.7. The highest BCUT2D eigenvalue weighted by atomic mass is 16.5. The number of fused-ring (bicyclic) bond motifs is 2. The highest BCUT2D eigenvalue weighted by molar-refractivity contribution is 5.88. The molecule has 1 heterocycles. The fraction of sp³-hybridized carbons (Fsp3) is 0.867. The number of hydrogen-bond acceptors (Lipinski definition) is 5. The molecule has 5 aliphatic rings. The van der Waals surface area contributed by atoms with E-state index in [2.05, 4.69) is 20.8 Å². The van der Waals surface area contributed by atoms with E-state index in [1.54, 1.807) is 0 Å². The molecule has 6 heteroatoms. The lowest BCUT2D eigenvalue weighted by molar-refractivity contribution is -0.194. The first kappa shape index (κ1) is 26.2. The van der Waals surface area contributed by atoms with Crippen molar-refractivity contribution in [2.45, 2.75) is 117 Å². The highest BCUT2D eigenvalue weighted by Crippen LogP contribution is 2.87. The molecule has 0 aromatic rings. The fourth-order valence-electron chi connectivity index (χ4n) is 10.7. The van der Waals surface area contributed by atoms with E-state index in [4.69, 9.17) is 4.74 Å². The van der Waals surface area contributed by atoms with Gasteiger partial charge in [0, 0.05) is 18.4 Å². The minimum Gasteiger partial charge on any atom is -0.481 e. The minimum absolute atomic E-state index is 0.00856. The lowest BCUT2D eigenvalue weighted by Gasteiger charge is -2.63. The van der Waals surface area contributed by atoms with Crippen LogP contribution in [0.3, 0.4) is 0 Å². The molecule has 4 aliphatic carbocycles. The summed E-state index contributed by atoms with van der Waals surface area (Å²) in [6.07, 6.45) is 8.41. The summed E-state index contributed by atoms with van der Waals surface area (Å²) in [6.45, 7) is 12.5. The van der Waals surface area contributed by atoms with Crippen LogP contribution in [-0.2, 0) is 14.3 Å². The van der Waals surface area contributed by atoms with Crippen LogP contribution < -0.4 is 0 Å². The Bertz CT molecular complexity index is 980. The van der Waals surface area contributed by atoms with E-state index in [1.807, 2.05) is 26.8 Å². The van der Waals surface area contributed by atoms with Gasteiger partial charge in [-0.3, -0.25) is 4.79 Å². The second kappa shape index (κ2) is 8.05. The number of aliphatic hydroxyl groups excluding tert-OH is 1. The Labute approximate surface area is 215 Å². The molecule has 36 heavy (non-hydrogen) atoms. The largest absolute Gasteiger partial charge is 0.481 e. The Kier molecular flexibility index (Phi) is 5.86. The van der Waals surface area contributed by atoms with Crippen molar-refractivity contribution >= 4 is 11.9 Å². The smallest absolute Gasteiger partial charge is 0.333 e. The third-order valence-electron chi connectivity index (χ3n) is 12.6. The number of cyclic esters (lactones) is 1. The van der Waals surface area contributed by atoms with Crippen LogP contribution in [0.15, 0.2) is 11.6 Å². The summed E-state index contributed by atoms with van der Waals surface area (Å²) in [4.78, 5) is 23.9. The predicted molar refractivity (Wildman–Crippen MR) is 136 cm³/mol. The van der Waals surface area contributed by atoms with Crippen LogP contribution in [0, 0.1) is 45.3 Å². The Morgan fingerprint density at radius 1 is 1.22 bits per heavy atom. The van der Waals surface area contributed by atoms with Gasteiger partial charge in [0.05, 0.1) is 11.7 Å². The number of carboxylic acids is 1. The monoisotopic (exact) mass is 502 g/mol. The standard InChI is InChI=1S/C30H46O6/c1-17-7-8-21(36-25(17)34)18(2)19-9-11-28(6)24-20(31)15-22(26(3,4)35)29(12-10-23(32)33)16-30(24,29)14-13-27(19,28)5/h7,18-22,24,31,35H,8-16H2,1-6H3,(H,32,33)/t18-,19+,20-,21-,22-,24+,27+,28-,29+,30-/m0/s1. The maximum absolute atomic E-state index is 12.3.